The molecule has 1 aromatic heterocycles. The second-order valence-electron chi connectivity index (χ2n) is 2.90. The van der Waals surface area contributed by atoms with Crippen molar-refractivity contribution in [3.05, 3.63) is 28.0 Å². The van der Waals surface area contributed by atoms with E-state index in [0.29, 0.717) is 11.5 Å². The standard InChI is InChI=1S/C8H9N3O3S.ClH/c12-11(13)7-2-1-6(14-7)5-15-8-9-3-4-10-8;/h1-2H,3-5H2,(H,9,10);1H/p-1. The van der Waals surface area contributed by atoms with Crippen LogP contribution in [0.15, 0.2) is 21.5 Å². The molecule has 8 heteroatoms. The van der Waals surface area contributed by atoms with Gasteiger partial charge in [0.05, 0.1) is 18.4 Å². The molecule has 0 unspecified atom stereocenters. The first-order valence-corrected chi connectivity index (χ1v) is 5.38. The van der Waals surface area contributed by atoms with Gasteiger partial charge in [0.2, 0.25) is 0 Å². The molecule has 0 saturated heterocycles. The summed E-state index contributed by atoms with van der Waals surface area (Å²) in [6.45, 7) is 1.65. The van der Waals surface area contributed by atoms with Crippen LogP contribution in [0.25, 0.3) is 0 Å². The van der Waals surface area contributed by atoms with Crippen molar-refractivity contribution in [2.45, 2.75) is 5.75 Å². The lowest BCUT2D eigenvalue weighted by Crippen LogP contribution is -3.00. The van der Waals surface area contributed by atoms with E-state index in [1.165, 1.54) is 17.8 Å². The fourth-order valence-electron chi connectivity index (χ4n) is 1.15. The van der Waals surface area contributed by atoms with Crippen LogP contribution in [-0.2, 0) is 5.75 Å². The lowest BCUT2D eigenvalue weighted by Gasteiger charge is -1.98. The largest absolute Gasteiger partial charge is 1.00 e. The molecule has 1 aliphatic rings. The Bertz CT molecular complexity index is 407. The number of aliphatic imine (C=N–C) groups is 1. The van der Waals surface area contributed by atoms with Gasteiger partial charge in [-0.25, -0.2) is 0 Å². The summed E-state index contributed by atoms with van der Waals surface area (Å²) < 4.78 is 5.00. The second kappa shape index (κ2) is 5.76. The van der Waals surface area contributed by atoms with Crippen LogP contribution in [0.4, 0.5) is 5.88 Å². The van der Waals surface area contributed by atoms with Crippen molar-refractivity contribution in [3.8, 4) is 0 Å². The number of amidine groups is 1. The molecule has 0 radical (unpaired) electrons. The highest BCUT2D eigenvalue weighted by atomic mass is 35.5. The Morgan fingerprint density at radius 3 is 3.00 bits per heavy atom. The van der Waals surface area contributed by atoms with Gasteiger partial charge in [0.15, 0.2) is 5.17 Å². The maximum absolute atomic E-state index is 10.3. The Balaban J connectivity index is 0.00000128. The summed E-state index contributed by atoms with van der Waals surface area (Å²) in [6.07, 6.45) is 0. The summed E-state index contributed by atoms with van der Waals surface area (Å²) >= 11 is 1.48. The number of hydrogen-bond acceptors (Lipinski definition) is 6. The van der Waals surface area contributed by atoms with E-state index < -0.39 is 4.92 Å². The highest BCUT2D eigenvalue weighted by molar-refractivity contribution is 8.13. The molecule has 0 amide bonds. The number of nitro groups is 1. The molecule has 1 aromatic rings. The van der Waals surface area contributed by atoms with Crippen LogP contribution >= 0.6 is 11.8 Å². The fraction of sp³-hybridized carbons (Fsp3) is 0.375. The number of thioether (sulfide) groups is 1. The zero-order valence-electron chi connectivity index (χ0n) is 8.18. The first-order chi connectivity index (χ1) is 7.25. The van der Waals surface area contributed by atoms with E-state index in [-0.39, 0.29) is 18.3 Å². The van der Waals surface area contributed by atoms with Crippen LogP contribution in [-0.4, -0.2) is 23.2 Å². The quantitative estimate of drug-likeness (QED) is 0.523. The number of rotatable bonds is 3. The molecule has 16 heavy (non-hydrogen) atoms. The third-order valence-electron chi connectivity index (χ3n) is 1.82. The molecule has 0 fully saturated rings. The molecule has 88 valence electrons. The molecule has 0 aromatic carbocycles. The molecule has 0 saturated carbocycles. The topological polar surface area (TPSA) is 80.7 Å². The molecule has 2 rings (SSSR count). The summed E-state index contributed by atoms with van der Waals surface area (Å²) in [4.78, 5) is 14.0. The molecular formula is C8H9ClN3O3S-. The molecule has 0 spiro atoms. The van der Waals surface area contributed by atoms with Gasteiger partial charge in [-0.2, -0.15) is 0 Å². The number of hydrogen-bond donors (Lipinski definition) is 1. The molecule has 2 heterocycles. The Kier molecular flexibility index (Phi) is 4.63. The van der Waals surface area contributed by atoms with Gasteiger partial charge >= 0.3 is 5.88 Å². The van der Waals surface area contributed by atoms with E-state index in [2.05, 4.69) is 10.3 Å². The van der Waals surface area contributed by atoms with Gasteiger partial charge in [-0.15, -0.1) is 0 Å². The second-order valence-corrected chi connectivity index (χ2v) is 3.86. The Morgan fingerprint density at radius 1 is 1.62 bits per heavy atom. The molecule has 0 atom stereocenters. The smallest absolute Gasteiger partial charge is 0.433 e. The lowest BCUT2D eigenvalue weighted by atomic mass is 10.5. The van der Waals surface area contributed by atoms with Gasteiger partial charge in [-0.1, -0.05) is 11.8 Å². The summed E-state index contributed by atoms with van der Waals surface area (Å²) in [5.74, 6) is 0.926. The van der Waals surface area contributed by atoms with Gasteiger partial charge < -0.3 is 22.1 Å². The van der Waals surface area contributed by atoms with Crippen LogP contribution in [0.3, 0.4) is 0 Å². The van der Waals surface area contributed by atoms with E-state index in [0.717, 1.165) is 18.3 Å². The zero-order valence-corrected chi connectivity index (χ0v) is 9.75. The Hall–Kier alpha value is -1.21. The number of nitrogens with zero attached hydrogens (tertiary/aromatic N) is 2. The molecule has 1 N–H and O–H groups in total. The SMILES string of the molecule is O=[N+]([O-])c1ccc(CSC2=NCCN2)o1.[Cl-]. The lowest BCUT2D eigenvalue weighted by molar-refractivity contribution is -0.402. The molecule has 1 aliphatic heterocycles. The van der Waals surface area contributed by atoms with Gasteiger partial charge in [-0.3, -0.25) is 15.1 Å². The van der Waals surface area contributed by atoms with E-state index in [9.17, 15) is 10.1 Å². The molecule has 0 bridgehead atoms. The fourth-order valence-corrected chi connectivity index (χ4v) is 1.98. The zero-order chi connectivity index (χ0) is 10.7. The Labute approximate surface area is 102 Å². The number of furan rings is 1. The molecule has 6 nitrogen and oxygen atoms in total. The monoisotopic (exact) mass is 262 g/mol. The molecule has 0 aliphatic carbocycles. The number of halogens is 1. The summed E-state index contributed by atoms with van der Waals surface area (Å²) in [7, 11) is 0. The van der Waals surface area contributed by atoms with Crippen LogP contribution in [0.2, 0.25) is 0 Å². The van der Waals surface area contributed by atoms with Crippen molar-refractivity contribution >= 4 is 22.8 Å². The van der Waals surface area contributed by atoms with Crippen LogP contribution < -0.4 is 17.7 Å². The summed E-state index contributed by atoms with van der Waals surface area (Å²) in [5.41, 5.74) is 0. The van der Waals surface area contributed by atoms with Gasteiger partial charge in [0.1, 0.15) is 10.7 Å². The highest BCUT2D eigenvalue weighted by Crippen LogP contribution is 2.20. The van der Waals surface area contributed by atoms with E-state index in [4.69, 9.17) is 4.42 Å². The average Bonchev–Trinajstić information content (AvgIpc) is 2.86. The minimum Gasteiger partial charge on any atom is -1.00 e. The van der Waals surface area contributed by atoms with Crippen molar-refractivity contribution in [2.75, 3.05) is 13.1 Å². The normalized spacial score (nSPS) is 13.9. The first-order valence-electron chi connectivity index (χ1n) is 4.40. The third kappa shape index (κ3) is 3.14. The molecular weight excluding hydrogens is 254 g/mol. The van der Waals surface area contributed by atoms with E-state index in [1.54, 1.807) is 6.07 Å². The minimum absolute atomic E-state index is 0. The minimum atomic E-state index is -0.542. The maximum Gasteiger partial charge on any atom is 0.433 e. The average molecular weight is 263 g/mol. The van der Waals surface area contributed by atoms with E-state index in [1.807, 2.05) is 0 Å². The van der Waals surface area contributed by atoms with Crippen molar-refractivity contribution < 1.29 is 21.7 Å². The van der Waals surface area contributed by atoms with Gasteiger partial charge in [0.25, 0.3) is 0 Å². The summed E-state index contributed by atoms with van der Waals surface area (Å²) in [6, 6.07) is 2.97. The van der Waals surface area contributed by atoms with Crippen molar-refractivity contribution in [2.24, 2.45) is 4.99 Å². The predicted octanol–water partition coefficient (Wildman–Crippen LogP) is -1.62. The van der Waals surface area contributed by atoms with E-state index >= 15 is 0 Å². The first kappa shape index (κ1) is 12.9. The predicted molar refractivity (Wildman–Crippen MR) is 57.0 cm³/mol. The van der Waals surface area contributed by atoms with Crippen molar-refractivity contribution in [1.82, 2.24) is 5.32 Å². The third-order valence-corrected chi connectivity index (χ3v) is 2.80. The number of nitrogens with one attached hydrogen (secondary N) is 1. The van der Waals surface area contributed by atoms with Crippen LogP contribution in [0.1, 0.15) is 5.76 Å². The van der Waals surface area contributed by atoms with Crippen molar-refractivity contribution in [3.63, 3.8) is 0 Å². The maximum atomic E-state index is 10.3. The van der Waals surface area contributed by atoms with Crippen molar-refractivity contribution in [1.29, 1.82) is 0 Å². The van der Waals surface area contributed by atoms with Crippen LogP contribution in [0.5, 0.6) is 0 Å². The summed E-state index contributed by atoms with van der Waals surface area (Å²) in [5, 5.41) is 14.3. The van der Waals surface area contributed by atoms with Gasteiger partial charge in [-0.05, 0) is 6.07 Å². The Morgan fingerprint density at radius 2 is 2.44 bits per heavy atom. The van der Waals surface area contributed by atoms with Crippen LogP contribution in [0, 0.1) is 10.1 Å². The highest BCUT2D eigenvalue weighted by Gasteiger charge is 2.13. The van der Waals surface area contributed by atoms with Gasteiger partial charge in [0, 0.05) is 6.54 Å².